The predicted molar refractivity (Wildman–Crippen MR) is 32.1 cm³/mol. The fourth-order valence-corrected chi connectivity index (χ4v) is 0. The molecular formula is C5H15V-5. The third-order valence-corrected chi connectivity index (χ3v) is 0. The molecule has 45 valence electrons. The molecule has 0 N–H and O–H groups in total. The standard InChI is InChI=1S/5CH3.V/h5*1H3;/q5*-1;. The van der Waals surface area contributed by atoms with Crippen LogP contribution in [-0.2, 0) is 18.6 Å². The van der Waals surface area contributed by atoms with E-state index in [4.69, 9.17) is 0 Å². The summed E-state index contributed by atoms with van der Waals surface area (Å²) in [4.78, 5) is 0. The van der Waals surface area contributed by atoms with Gasteiger partial charge in [-0.2, -0.15) is 0 Å². The summed E-state index contributed by atoms with van der Waals surface area (Å²) in [5.74, 6) is 0. The number of hydrogen-bond acceptors (Lipinski definition) is 0. The molecule has 6 heavy (non-hydrogen) atoms. The fraction of sp³-hybridized carbons (Fsp3) is 0. The van der Waals surface area contributed by atoms with Crippen molar-refractivity contribution in [3.8, 4) is 0 Å². The van der Waals surface area contributed by atoms with Crippen molar-refractivity contribution in [3.05, 3.63) is 37.1 Å². The average molecular weight is 126 g/mol. The van der Waals surface area contributed by atoms with Gasteiger partial charge in [0.15, 0.2) is 0 Å². The molecule has 0 aliphatic rings. The molecule has 0 unspecified atom stereocenters. The van der Waals surface area contributed by atoms with E-state index in [9.17, 15) is 0 Å². The van der Waals surface area contributed by atoms with Crippen LogP contribution in [0.2, 0.25) is 0 Å². The summed E-state index contributed by atoms with van der Waals surface area (Å²) in [5, 5.41) is 0. The largest absolute Gasteiger partial charge is 0.358 e. The first kappa shape index (κ1) is 601. The Bertz CT molecular complexity index is 3.90. The Balaban J connectivity index is 0. The first-order valence-electron chi connectivity index (χ1n) is 0. The molecule has 0 fully saturated rings. The van der Waals surface area contributed by atoms with Crippen LogP contribution in [0.3, 0.4) is 0 Å². The predicted octanol–water partition coefficient (Wildman–Crippen LogP) is 2.25. The van der Waals surface area contributed by atoms with Crippen LogP contribution in [0.5, 0.6) is 0 Å². The Morgan fingerprint density at radius 3 is 0.333 bits per heavy atom. The number of hydrogen-bond donors (Lipinski definition) is 0. The Hall–Kier alpha value is 0.584. The summed E-state index contributed by atoms with van der Waals surface area (Å²) >= 11 is 0. The monoisotopic (exact) mass is 126 g/mol. The van der Waals surface area contributed by atoms with E-state index in [0.29, 0.717) is 0 Å². The Morgan fingerprint density at radius 2 is 0.333 bits per heavy atom. The molecule has 0 aromatic heterocycles. The van der Waals surface area contributed by atoms with E-state index in [-0.39, 0.29) is 55.7 Å². The maximum Gasteiger partial charge on any atom is 0 e. The second-order valence-electron chi connectivity index (χ2n) is 0. The van der Waals surface area contributed by atoms with Crippen LogP contribution >= 0.6 is 0 Å². The van der Waals surface area contributed by atoms with Crippen molar-refractivity contribution in [1.82, 2.24) is 0 Å². The van der Waals surface area contributed by atoms with E-state index in [0.717, 1.165) is 0 Å². The van der Waals surface area contributed by atoms with Gasteiger partial charge < -0.3 is 37.1 Å². The molecule has 0 aromatic carbocycles. The van der Waals surface area contributed by atoms with Crippen molar-refractivity contribution in [1.29, 1.82) is 0 Å². The van der Waals surface area contributed by atoms with Crippen molar-refractivity contribution in [2.24, 2.45) is 0 Å². The van der Waals surface area contributed by atoms with Crippen LogP contribution in [-0.4, -0.2) is 0 Å². The first-order chi connectivity index (χ1) is 0. The quantitative estimate of drug-likeness (QED) is 0.436. The van der Waals surface area contributed by atoms with Gasteiger partial charge in [0.05, 0.1) is 0 Å². The molecule has 0 spiro atoms. The third-order valence-electron chi connectivity index (χ3n) is 0. The Labute approximate surface area is 56.2 Å². The van der Waals surface area contributed by atoms with Crippen molar-refractivity contribution < 1.29 is 18.6 Å². The molecule has 0 heterocycles. The maximum atomic E-state index is 0. The molecule has 0 rings (SSSR count). The minimum Gasteiger partial charge on any atom is -0.358 e. The summed E-state index contributed by atoms with van der Waals surface area (Å²) in [6, 6.07) is 0. The fourth-order valence-electron chi connectivity index (χ4n) is 0. The van der Waals surface area contributed by atoms with Gasteiger partial charge in [0.25, 0.3) is 0 Å². The van der Waals surface area contributed by atoms with Crippen molar-refractivity contribution >= 4 is 0 Å². The summed E-state index contributed by atoms with van der Waals surface area (Å²) in [6.45, 7) is 0. The third kappa shape index (κ3) is 172. The van der Waals surface area contributed by atoms with Gasteiger partial charge in [-0.1, -0.05) is 0 Å². The van der Waals surface area contributed by atoms with Crippen LogP contribution in [0.15, 0.2) is 0 Å². The topological polar surface area (TPSA) is 0 Å². The van der Waals surface area contributed by atoms with Gasteiger partial charge in [0.1, 0.15) is 0 Å². The molecule has 0 atom stereocenters. The van der Waals surface area contributed by atoms with Gasteiger partial charge in [-0.05, 0) is 0 Å². The van der Waals surface area contributed by atoms with E-state index in [2.05, 4.69) is 0 Å². The molecule has 0 aromatic rings. The zero-order valence-corrected chi connectivity index (χ0v) is 6.84. The van der Waals surface area contributed by atoms with Crippen LogP contribution in [0.4, 0.5) is 0 Å². The van der Waals surface area contributed by atoms with E-state index < -0.39 is 0 Å². The van der Waals surface area contributed by atoms with Gasteiger partial charge in [-0.15, -0.1) is 0 Å². The minimum absolute atomic E-state index is 0. The minimum atomic E-state index is 0. The van der Waals surface area contributed by atoms with Crippen molar-refractivity contribution in [3.63, 3.8) is 0 Å². The van der Waals surface area contributed by atoms with Crippen LogP contribution < -0.4 is 0 Å². The van der Waals surface area contributed by atoms with Gasteiger partial charge in [0, 0.05) is 18.6 Å². The summed E-state index contributed by atoms with van der Waals surface area (Å²) < 4.78 is 0. The molecule has 0 aliphatic carbocycles. The molecule has 0 bridgehead atoms. The SMILES string of the molecule is [CH3-].[CH3-].[CH3-].[CH3-].[CH3-].[V]. The van der Waals surface area contributed by atoms with E-state index in [1.807, 2.05) is 0 Å². The maximum absolute atomic E-state index is 0. The molecule has 0 nitrogen and oxygen atoms in total. The zero-order chi connectivity index (χ0) is 0. The number of rotatable bonds is 0. The second-order valence-corrected chi connectivity index (χ2v) is 0. The summed E-state index contributed by atoms with van der Waals surface area (Å²) in [7, 11) is 0. The van der Waals surface area contributed by atoms with Crippen LogP contribution in [0.1, 0.15) is 0 Å². The van der Waals surface area contributed by atoms with E-state index in [1.165, 1.54) is 0 Å². The molecular weight excluding hydrogens is 111 g/mol. The zero-order valence-electron chi connectivity index (χ0n) is 5.45. The van der Waals surface area contributed by atoms with Gasteiger partial charge >= 0.3 is 0 Å². The molecule has 0 saturated heterocycles. The van der Waals surface area contributed by atoms with Crippen LogP contribution in [0.25, 0.3) is 0 Å². The van der Waals surface area contributed by atoms with E-state index >= 15 is 0 Å². The summed E-state index contributed by atoms with van der Waals surface area (Å²) in [6.07, 6.45) is 0. The second kappa shape index (κ2) is 344. The van der Waals surface area contributed by atoms with Gasteiger partial charge in [-0.25, -0.2) is 0 Å². The molecule has 0 amide bonds. The van der Waals surface area contributed by atoms with E-state index in [1.54, 1.807) is 0 Å². The molecule has 1 radical (unpaired) electrons. The Kier molecular flexibility index (Phi) is 34400. The van der Waals surface area contributed by atoms with Gasteiger partial charge in [-0.3, -0.25) is 0 Å². The molecule has 0 saturated carbocycles. The molecule has 1 heteroatoms. The average Bonchev–Trinajstić information content (AvgIpc) is 0. The smallest absolute Gasteiger partial charge is 0 e. The van der Waals surface area contributed by atoms with Crippen molar-refractivity contribution in [2.75, 3.05) is 0 Å². The Morgan fingerprint density at radius 1 is 0.333 bits per heavy atom. The summed E-state index contributed by atoms with van der Waals surface area (Å²) in [5.41, 5.74) is 0. The van der Waals surface area contributed by atoms with Crippen LogP contribution in [0, 0.1) is 37.1 Å². The normalized spacial score (nSPS) is 0. The van der Waals surface area contributed by atoms with Gasteiger partial charge in [0.2, 0.25) is 0 Å². The first-order valence-corrected chi connectivity index (χ1v) is 0. The molecule has 0 aliphatic heterocycles. The van der Waals surface area contributed by atoms with Crippen molar-refractivity contribution in [2.45, 2.75) is 0 Å².